The van der Waals surface area contributed by atoms with Crippen molar-refractivity contribution in [2.75, 3.05) is 12.3 Å². The van der Waals surface area contributed by atoms with Crippen molar-refractivity contribution in [2.24, 2.45) is 0 Å². The van der Waals surface area contributed by atoms with Gasteiger partial charge in [0.05, 0.1) is 23.7 Å². The minimum absolute atomic E-state index is 0.0441. The van der Waals surface area contributed by atoms with E-state index in [1.807, 2.05) is 6.07 Å². The Bertz CT molecular complexity index is 1210. The zero-order valence-electron chi connectivity index (χ0n) is 15.4. The summed E-state index contributed by atoms with van der Waals surface area (Å²) >= 11 is 6.00. The van der Waals surface area contributed by atoms with E-state index in [4.69, 9.17) is 27.3 Å². The van der Waals surface area contributed by atoms with Crippen molar-refractivity contribution in [1.29, 1.82) is 5.26 Å². The van der Waals surface area contributed by atoms with E-state index in [2.05, 4.69) is 10.3 Å². The highest BCUT2D eigenvalue weighted by Crippen LogP contribution is 2.33. The number of ether oxygens (including phenoxy) is 1. The third-order valence-corrected chi connectivity index (χ3v) is 4.37. The van der Waals surface area contributed by atoms with Crippen molar-refractivity contribution < 1.29 is 13.9 Å². The average Bonchev–Trinajstić information content (AvgIpc) is 2.73. The van der Waals surface area contributed by atoms with E-state index in [0.717, 1.165) is 10.6 Å². The van der Waals surface area contributed by atoms with Gasteiger partial charge in [-0.05, 0) is 18.2 Å². The highest BCUT2D eigenvalue weighted by atomic mass is 35.5. The number of halogens is 2. The van der Waals surface area contributed by atoms with Gasteiger partial charge in [-0.25, -0.2) is 9.37 Å². The molecule has 0 bridgehead atoms. The molecule has 0 aliphatic carbocycles. The summed E-state index contributed by atoms with van der Waals surface area (Å²) in [7, 11) is 0. The molecule has 0 saturated heterocycles. The molecule has 2 aromatic heterocycles. The van der Waals surface area contributed by atoms with Crippen LogP contribution in [0.1, 0.15) is 16.8 Å². The lowest BCUT2D eigenvalue weighted by molar-refractivity contribution is 0.0954. The quantitative estimate of drug-likeness (QED) is 0.583. The minimum atomic E-state index is -0.755. The lowest BCUT2D eigenvalue weighted by Gasteiger charge is -2.12. The van der Waals surface area contributed by atoms with Crippen molar-refractivity contribution in [3.05, 3.63) is 75.5 Å². The van der Waals surface area contributed by atoms with E-state index in [-0.39, 0.29) is 46.6 Å². The van der Waals surface area contributed by atoms with Gasteiger partial charge in [0, 0.05) is 37.1 Å². The Kier molecular flexibility index (Phi) is 6.29. The monoisotopic (exact) mass is 427 g/mol. The molecule has 0 radical (unpaired) electrons. The number of carbonyl (C=O) groups is 1. The van der Waals surface area contributed by atoms with Crippen LogP contribution in [0.2, 0.25) is 5.02 Å². The van der Waals surface area contributed by atoms with Crippen LogP contribution < -0.4 is 21.3 Å². The zero-order chi connectivity index (χ0) is 21.7. The fraction of sp³-hybridized carbons (Fsp3) is 0.100. The molecule has 10 heteroatoms. The topological polar surface area (TPSA) is 123 Å². The van der Waals surface area contributed by atoms with Crippen LogP contribution in [-0.4, -0.2) is 22.0 Å². The van der Waals surface area contributed by atoms with Gasteiger partial charge in [-0.1, -0.05) is 11.6 Å². The Hall–Kier alpha value is -3.90. The molecule has 1 amide bonds. The van der Waals surface area contributed by atoms with Gasteiger partial charge < -0.3 is 15.8 Å². The lowest BCUT2D eigenvalue weighted by Crippen LogP contribution is -2.26. The Morgan fingerprint density at radius 2 is 2.10 bits per heavy atom. The first-order valence-electron chi connectivity index (χ1n) is 8.66. The Labute approximate surface area is 175 Å². The van der Waals surface area contributed by atoms with Crippen LogP contribution in [0.25, 0.3) is 5.69 Å². The number of nitrogens with one attached hydrogen (secondary N) is 1. The van der Waals surface area contributed by atoms with Crippen LogP contribution in [-0.2, 0) is 0 Å². The van der Waals surface area contributed by atoms with Crippen LogP contribution in [0.4, 0.5) is 10.2 Å². The summed E-state index contributed by atoms with van der Waals surface area (Å²) in [4.78, 5) is 28.2. The van der Waals surface area contributed by atoms with Gasteiger partial charge in [0.1, 0.15) is 10.8 Å². The third-order valence-electron chi connectivity index (χ3n) is 3.99. The fourth-order valence-corrected chi connectivity index (χ4v) is 2.67. The molecule has 0 spiro atoms. The maximum atomic E-state index is 14.6. The molecule has 30 heavy (non-hydrogen) atoms. The smallest absolute Gasteiger partial charge is 0.255 e. The molecule has 3 aromatic rings. The van der Waals surface area contributed by atoms with Gasteiger partial charge in [0.2, 0.25) is 0 Å². The molecule has 0 atom stereocenters. The normalized spacial score (nSPS) is 10.3. The average molecular weight is 428 g/mol. The molecular weight excluding hydrogens is 413 g/mol. The molecule has 8 nitrogen and oxygen atoms in total. The third kappa shape index (κ3) is 4.56. The largest absolute Gasteiger partial charge is 0.453 e. The standard InChI is InChI=1S/C20H15ClFN5O3/c21-18-16(6-9-25-19(18)24)30-15-4-3-13(10-14(15)22)27-11-12(2-5-17(27)28)20(29)26-8-1-7-23/h2-6,9-11H,1,8H2,(H2,24,25)(H,26,29). The van der Waals surface area contributed by atoms with Gasteiger partial charge >= 0.3 is 0 Å². The number of aromatic nitrogens is 2. The van der Waals surface area contributed by atoms with Crippen molar-refractivity contribution >= 4 is 23.3 Å². The summed E-state index contributed by atoms with van der Waals surface area (Å²) in [6.07, 6.45) is 2.82. The summed E-state index contributed by atoms with van der Waals surface area (Å²) < 4.78 is 21.2. The van der Waals surface area contributed by atoms with E-state index < -0.39 is 17.3 Å². The summed E-state index contributed by atoms with van der Waals surface area (Å²) in [5.74, 6) is -1.17. The first-order chi connectivity index (χ1) is 14.4. The molecule has 0 saturated carbocycles. The molecule has 0 aliphatic heterocycles. The number of pyridine rings is 2. The van der Waals surface area contributed by atoms with Crippen LogP contribution in [0, 0.1) is 17.1 Å². The van der Waals surface area contributed by atoms with Gasteiger partial charge in [-0.15, -0.1) is 0 Å². The van der Waals surface area contributed by atoms with E-state index in [1.54, 1.807) is 0 Å². The summed E-state index contributed by atoms with van der Waals surface area (Å²) in [6, 6.07) is 9.76. The maximum absolute atomic E-state index is 14.6. The number of rotatable bonds is 6. The second-order valence-electron chi connectivity index (χ2n) is 6.02. The van der Waals surface area contributed by atoms with Crippen LogP contribution in [0.5, 0.6) is 11.5 Å². The molecule has 0 unspecified atom stereocenters. The molecule has 1 aromatic carbocycles. The predicted octanol–water partition coefficient (Wildman–Crippen LogP) is 3.04. The first-order valence-corrected chi connectivity index (χ1v) is 9.04. The Balaban J connectivity index is 1.88. The lowest BCUT2D eigenvalue weighted by atomic mass is 10.2. The maximum Gasteiger partial charge on any atom is 0.255 e. The number of nitriles is 1. The molecule has 2 heterocycles. The van der Waals surface area contributed by atoms with Crippen molar-refractivity contribution in [3.63, 3.8) is 0 Å². The van der Waals surface area contributed by atoms with E-state index >= 15 is 0 Å². The van der Waals surface area contributed by atoms with Gasteiger partial charge in [-0.2, -0.15) is 5.26 Å². The number of benzene rings is 1. The minimum Gasteiger partial charge on any atom is -0.453 e. The number of hydrogen-bond acceptors (Lipinski definition) is 6. The molecule has 0 fully saturated rings. The number of hydrogen-bond donors (Lipinski definition) is 2. The SMILES string of the molecule is N#CCCNC(=O)c1ccc(=O)n(-c2ccc(Oc3ccnc(N)c3Cl)c(F)c2)c1. The highest BCUT2D eigenvalue weighted by Gasteiger charge is 2.13. The number of amides is 1. The zero-order valence-corrected chi connectivity index (χ0v) is 16.2. The van der Waals surface area contributed by atoms with Crippen molar-refractivity contribution in [3.8, 4) is 23.3 Å². The highest BCUT2D eigenvalue weighted by molar-refractivity contribution is 6.34. The first kappa shape index (κ1) is 20.8. The molecule has 152 valence electrons. The number of nitrogens with zero attached hydrogens (tertiary/aromatic N) is 3. The molecule has 3 N–H and O–H groups in total. The molecular formula is C20H15ClFN5O3. The van der Waals surface area contributed by atoms with Gasteiger partial charge in [0.15, 0.2) is 17.3 Å². The summed E-state index contributed by atoms with van der Waals surface area (Å²) in [5, 5.41) is 11.1. The summed E-state index contributed by atoms with van der Waals surface area (Å²) in [5.41, 5.74) is 5.52. The number of carbonyl (C=O) groups excluding carboxylic acids is 1. The number of nitrogen functional groups attached to an aromatic ring is 1. The number of anilines is 1. The van der Waals surface area contributed by atoms with Gasteiger partial charge in [-0.3, -0.25) is 14.2 Å². The van der Waals surface area contributed by atoms with Crippen LogP contribution >= 0.6 is 11.6 Å². The van der Waals surface area contributed by atoms with E-state index in [9.17, 15) is 14.0 Å². The van der Waals surface area contributed by atoms with Gasteiger partial charge in [0.25, 0.3) is 11.5 Å². The Morgan fingerprint density at radius 1 is 1.30 bits per heavy atom. The molecule has 3 rings (SSSR count). The molecule has 0 aliphatic rings. The van der Waals surface area contributed by atoms with Crippen LogP contribution in [0.15, 0.2) is 53.6 Å². The van der Waals surface area contributed by atoms with Crippen molar-refractivity contribution in [1.82, 2.24) is 14.9 Å². The number of nitrogens with two attached hydrogens (primary N) is 1. The fourth-order valence-electron chi connectivity index (χ4n) is 2.52. The van der Waals surface area contributed by atoms with Crippen LogP contribution in [0.3, 0.4) is 0 Å². The Morgan fingerprint density at radius 3 is 2.83 bits per heavy atom. The second kappa shape index (κ2) is 9.07. The van der Waals surface area contributed by atoms with E-state index in [1.165, 1.54) is 42.7 Å². The summed E-state index contributed by atoms with van der Waals surface area (Å²) in [6.45, 7) is 0.178. The predicted molar refractivity (Wildman–Crippen MR) is 108 cm³/mol. The second-order valence-corrected chi connectivity index (χ2v) is 6.39. The van der Waals surface area contributed by atoms with E-state index in [0.29, 0.717) is 0 Å². The van der Waals surface area contributed by atoms with Crippen molar-refractivity contribution in [2.45, 2.75) is 6.42 Å².